The molecule has 8 nitrogen and oxygen atoms in total. The topological polar surface area (TPSA) is 120 Å². The zero-order valence-corrected chi connectivity index (χ0v) is 23.0. The molecule has 1 atom stereocenters. The van der Waals surface area contributed by atoms with Crippen molar-refractivity contribution in [3.8, 4) is 11.8 Å². The Kier molecular flexibility index (Phi) is 9.10. The van der Waals surface area contributed by atoms with Crippen LogP contribution in [0.25, 0.3) is 5.57 Å². The molecule has 0 aromatic heterocycles. The molecule has 3 aromatic carbocycles. The fraction of sp³-hybridized carbons (Fsp3) is 0.200. The second-order valence-electron chi connectivity index (χ2n) is 9.12. The van der Waals surface area contributed by atoms with Crippen molar-refractivity contribution >= 4 is 46.6 Å². The number of methoxy groups -OCH3 is 1. The Hall–Kier alpha value is -4.32. The van der Waals surface area contributed by atoms with Gasteiger partial charge in [0.2, 0.25) is 0 Å². The van der Waals surface area contributed by atoms with Crippen LogP contribution in [0.5, 0.6) is 5.75 Å². The number of hydrogen-bond acceptors (Lipinski definition) is 5. The minimum Gasteiger partial charge on any atom is -0.496 e. The number of carbonyl (C=O) groups is 3. The first-order valence-electron chi connectivity index (χ1n) is 12.3. The molecule has 40 heavy (non-hydrogen) atoms. The largest absolute Gasteiger partial charge is 0.496 e. The van der Waals surface area contributed by atoms with E-state index >= 15 is 0 Å². The first-order valence-corrected chi connectivity index (χ1v) is 13.1. The summed E-state index contributed by atoms with van der Waals surface area (Å²) < 4.78 is 5.31. The number of nitrogens with zero attached hydrogens (tertiary/aromatic N) is 2. The van der Waals surface area contributed by atoms with Crippen molar-refractivity contribution in [3.63, 3.8) is 0 Å². The number of carbonyl (C=O) groups excluding carboxylic acids is 2. The van der Waals surface area contributed by atoms with Gasteiger partial charge in [0.1, 0.15) is 11.8 Å². The second-order valence-corrected chi connectivity index (χ2v) is 9.93. The summed E-state index contributed by atoms with van der Waals surface area (Å²) in [5.74, 6) is -1.66. The summed E-state index contributed by atoms with van der Waals surface area (Å²) in [7, 11) is 1.46. The quantitative estimate of drug-likeness (QED) is 0.378. The number of halogens is 2. The predicted molar refractivity (Wildman–Crippen MR) is 152 cm³/mol. The molecule has 1 aliphatic rings. The van der Waals surface area contributed by atoms with E-state index in [9.17, 15) is 19.5 Å². The molecule has 1 heterocycles. The van der Waals surface area contributed by atoms with Gasteiger partial charge in [-0.05, 0) is 53.5 Å². The summed E-state index contributed by atoms with van der Waals surface area (Å²) in [5.41, 5.74) is 3.60. The second kappa shape index (κ2) is 12.7. The van der Waals surface area contributed by atoms with E-state index in [2.05, 4.69) is 5.32 Å². The van der Waals surface area contributed by atoms with Crippen LogP contribution in [0, 0.1) is 11.3 Å². The monoisotopic (exact) mass is 577 g/mol. The molecule has 0 fully saturated rings. The highest BCUT2D eigenvalue weighted by molar-refractivity contribution is 6.39. The van der Waals surface area contributed by atoms with Crippen molar-refractivity contribution in [2.75, 3.05) is 20.2 Å². The van der Waals surface area contributed by atoms with Gasteiger partial charge in [-0.15, -0.1) is 0 Å². The van der Waals surface area contributed by atoms with E-state index in [1.807, 2.05) is 36.4 Å². The van der Waals surface area contributed by atoms with Gasteiger partial charge >= 0.3 is 5.97 Å². The SMILES string of the molecule is COc1cc(C#N)ccc1C(=O)N1CC=C(c2ccc(C[C@H](NC(=O)c3c(Cl)cccc3Cl)C(=O)O)cc2)CC1. The molecule has 0 unspecified atom stereocenters. The lowest BCUT2D eigenvalue weighted by Gasteiger charge is -2.27. The molecular formula is C30H25Cl2N3O5. The third-order valence-electron chi connectivity index (χ3n) is 6.62. The number of hydrogen-bond donors (Lipinski definition) is 2. The van der Waals surface area contributed by atoms with Crippen molar-refractivity contribution in [1.82, 2.24) is 10.2 Å². The third kappa shape index (κ3) is 6.45. The highest BCUT2D eigenvalue weighted by atomic mass is 35.5. The van der Waals surface area contributed by atoms with Gasteiger partial charge in [-0.3, -0.25) is 9.59 Å². The molecule has 0 radical (unpaired) electrons. The van der Waals surface area contributed by atoms with Gasteiger partial charge in [0.15, 0.2) is 0 Å². The first-order chi connectivity index (χ1) is 19.2. The number of ether oxygens (including phenoxy) is 1. The van der Waals surface area contributed by atoms with Gasteiger partial charge in [-0.1, -0.05) is 59.6 Å². The first kappa shape index (κ1) is 28.7. The number of nitrogens with one attached hydrogen (secondary N) is 1. The third-order valence-corrected chi connectivity index (χ3v) is 7.25. The fourth-order valence-electron chi connectivity index (χ4n) is 4.46. The Labute approximate surface area is 241 Å². The summed E-state index contributed by atoms with van der Waals surface area (Å²) in [6, 6.07) is 17.7. The highest BCUT2D eigenvalue weighted by Gasteiger charge is 2.25. The Balaban J connectivity index is 1.41. The summed E-state index contributed by atoms with van der Waals surface area (Å²) in [6.45, 7) is 0.921. The van der Waals surface area contributed by atoms with Crippen LogP contribution in [0.1, 0.15) is 43.8 Å². The van der Waals surface area contributed by atoms with Gasteiger partial charge in [-0.25, -0.2) is 4.79 Å². The highest BCUT2D eigenvalue weighted by Crippen LogP contribution is 2.27. The number of carboxylic acid groups (broad SMARTS) is 1. The van der Waals surface area contributed by atoms with Crippen molar-refractivity contribution in [2.24, 2.45) is 0 Å². The van der Waals surface area contributed by atoms with Crippen molar-refractivity contribution in [1.29, 1.82) is 5.26 Å². The zero-order valence-electron chi connectivity index (χ0n) is 21.5. The lowest BCUT2D eigenvalue weighted by molar-refractivity contribution is -0.139. The van der Waals surface area contributed by atoms with E-state index in [4.69, 9.17) is 33.2 Å². The van der Waals surface area contributed by atoms with Crippen molar-refractivity contribution < 1.29 is 24.2 Å². The van der Waals surface area contributed by atoms with Gasteiger partial charge in [0.05, 0.1) is 39.9 Å². The molecule has 3 aromatic rings. The molecule has 0 aliphatic carbocycles. The van der Waals surface area contributed by atoms with E-state index in [1.165, 1.54) is 19.2 Å². The van der Waals surface area contributed by atoms with Crippen LogP contribution in [-0.2, 0) is 11.2 Å². The molecule has 1 aliphatic heterocycles. The Morgan fingerprint density at radius 1 is 1.10 bits per heavy atom. The minimum atomic E-state index is -1.18. The molecule has 0 saturated carbocycles. The number of benzene rings is 3. The molecule has 4 rings (SSSR count). The van der Waals surface area contributed by atoms with Crippen LogP contribution in [0.15, 0.2) is 66.7 Å². The molecule has 2 amide bonds. The van der Waals surface area contributed by atoms with E-state index in [0.717, 1.165) is 16.7 Å². The van der Waals surface area contributed by atoms with E-state index in [0.29, 0.717) is 36.4 Å². The fourth-order valence-corrected chi connectivity index (χ4v) is 5.03. The van der Waals surface area contributed by atoms with Crippen LogP contribution in [0.3, 0.4) is 0 Å². The number of carboxylic acids is 1. The lowest BCUT2D eigenvalue weighted by Crippen LogP contribution is -2.42. The lowest BCUT2D eigenvalue weighted by atomic mass is 9.96. The maximum atomic E-state index is 13.1. The van der Waals surface area contributed by atoms with E-state index in [-0.39, 0.29) is 27.9 Å². The van der Waals surface area contributed by atoms with Crippen LogP contribution < -0.4 is 10.1 Å². The van der Waals surface area contributed by atoms with Gasteiger partial charge in [0.25, 0.3) is 11.8 Å². The molecule has 0 spiro atoms. The summed E-state index contributed by atoms with van der Waals surface area (Å²) in [4.78, 5) is 39.3. The summed E-state index contributed by atoms with van der Waals surface area (Å²) in [5, 5.41) is 21.6. The normalized spacial score (nSPS) is 13.6. The maximum absolute atomic E-state index is 13.1. The van der Waals surface area contributed by atoms with Crippen LogP contribution >= 0.6 is 23.2 Å². The van der Waals surface area contributed by atoms with E-state index in [1.54, 1.807) is 29.2 Å². The zero-order chi connectivity index (χ0) is 28.8. The smallest absolute Gasteiger partial charge is 0.326 e. The number of amides is 2. The average molecular weight is 578 g/mol. The Morgan fingerprint density at radius 2 is 1.80 bits per heavy atom. The van der Waals surface area contributed by atoms with Crippen LogP contribution in [-0.4, -0.2) is 54.0 Å². The minimum absolute atomic E-state index is 0.0295. The molecule has 2 N–H and O–H groups in total. The molecule has 0 bridgehead atoms. The maximum Gasteiger partial charge on any atom is 0.326 e. The number of aliphatic carboxylic acids is 1. The van der Waals surface area contributed by atoms with Crippen molar-refractivity contribution in [3.05, 3.63) is 105 Å². The predicted octanol–water partition coefficient (Wildman–Crippen LogP) is 5.23. The van der Waals surface area contributed by atoms with Gasteiger partial charge in [0, 0.05) is 19.5 Å². The van der Waals surface area contributed by atoms with Crippen LogP contribution in [0.2, 0.25) is 10.0 Å². The van der Waals surface area contributed by atoms with Gasteiger partial charge in [-0.2, -0.15) is 5.26 Å². The Bertz CT molecular complexity index is 1510. The van der Waals surface area contributed by atoms with E-state index < -0.39 is 17.9 Å². The molecule has 10 heteroatoms. The molecular weight excluding hydrogens is 553 g/mol. The summed E-state index contributed by atoms with van der Waals surface area (Å²) >= 11 is 12.2. The van der Waals surface area contributed by atoms with Crippen LogP contribution in [0.4, 0.5) is 0 Å². The standard InChI is InChI=1S/C30H25Cl2N3O5/c1-40-26-16-19(17-33)7-10-22(26)29(37)35-13-11-21(12-14-35)20-8-5-18(6-9-20)15-25(30(38)39)34-28(36)27-23(31)3-2-4-24(27)32/h2-11,16,25H,12-15H2,1H3,(H,34,36)(H,38,39)/t25-/m0/s1. The molecule has 204 valence electrons. The molecule has 0 saturated heterocycles. The average Bonchev–Trinajstić information content (AvgIpc) is 2.96. The number of nitriles is 1. The Morgan fingerprint density at radius 3 is 2.38 bits per heavy atom. The van der Waals surface area contributed by atoms with Crippen molar-refractivity contribution in [2.45, 2.75) is 18.9 Å². The number of rotatable bonds is 8. The summed E-state index contributed by atoms with van der Waals surface area (Å²) in [6.07, 6.45) is 2.69. The van der Waals surface area contributed by atoms with Gasteiger partial charge < -0.3 is 20.1 Å².